The summed E-state index contributed by atoms with van der Waals surface area (Å²) in [7, 11) is -3.71. The summed E-state index contributed by atoms with van der Waals surface area (Å²) in [5.41, 5.74) is 0. The summed E-state index contributed by atoms with van der Waals surface area (Å²) in [6, 6.07) is 4.86. The number of benzene rings is 1. The zero-order valence-electron chi connectivity index (χ0n) is 16.0. The molecule has 6 nitrogen and oxygen atoms in total. The average Bonchev–Trinajstić information content (AvgIpc) is 2.66. The highest BCUT2D eigenvalue weighted by molar-refractivity contribution is 7.89. The lowest BCUT2D eigenvalue weighted by atomic mass is 9.86. The molecule has 1 aliphatic heterocycles. The van der Waals surface area contributed by atoms with Crippen LogP contribution < -0.4 is 5.32 Å². The Morgan fingerprint density at radius 2 is 1.82 bits per heavy atom. The van der Waals surface area contributed by atoms with Gasteiger partial charge in [-0.2, -0.15) is 4.31 Å². The first-order chi connectivity index (χ1) is 13.3. The summed E-state index contributed by atoms with van der Waals surface area (Å²) < 4.78 is 27.2. The van der Waals surface area contributed by atoms with Crippen LogP contribution in [0.15, 0.2) is 23.1 Å². The Balaban J connectivity index is 1.54. The molecule has 0 bridgehead atoms. The summed E-state index contributed by atoms with van der Waals surface area (Å²) >= 11 is 12.1. The second kappa shape index (κ2) is 9.30. The first-order valence-electron chi connectivity index (χ1n) is 9.75. The second-order valence-electron chi connectivity index (χ2n) is 7.67. The van der Waals surface area contributed by atoms with Gasteiger partial charge in [0, 0.05) is 32.2 Å². The second-order valence-corrected chi connectivity index (χ2v) is 10.4. The SMILES string of the molecule is CC1CCCCC1NC(=O)CN1CCN(S(=O)(=O)c2cccc(Cl)c2Cl)CC1. The molecule has 156 valence electrons. The Kier molecular flexibility index (Phi) is 7.26. The van der Waals surface area contributed by atoms with Crippen LogP contribution in [0.25, 0.3) is 0 Å². The van der Waals surface area contributed by atoms with Gasteiger partial charge in [0.1, 0.15) is 4.90 Å². The van der Waals surface area contributed by atoms with Crippen LogP contribution >= 0.6 is 23.2 Å². The van der Waals surface area contributed by atoms with Crippen LogP contribution in [0, 0.1) is 5.92 Å². The van der Waals surface area contributed by atoms with E-state index in [2.05, 4.69) is 12.2 Å². The van der Waals surface area contributed by atoms with E-state index in [1.807, 2.05) is 4.90 Å². The van der Waals surface area contributed by atoms with E-state index in [1.54, 1.807) is 12.1 Å². The summed E-state index contributed by atoms with van der Waals surface area (Å²) in [6.45, 7) is 4.14. The molecule has 2 atom stereocenters. The molecule has 3 rings (SSSR count). The van der Waals surface area contributed by atoms with Gasteiger partial charge in [-0.15, -0.1) is 0 Å². The maximum Gasteiger partial charge on any atom is 0.244 e. The maximum absolute atomic E-state index is 12.9. The Morgan fingerprint density at radius 1 is 1.14 bits per heavy atom. The van der Waals surface area contributed by atoms with Crippen LogP contribution in [0.4, 0.5) is 0 Å². The van der Waals surface area contributed by atoms with Gasteiger partial charge >= 0.3 is 0 Å². The largest absolute Gasteiger partial charge is 0.352 e. The number of amides is 1. The Labute approximate surface area is 177 Å². The van der Waals surface area contributed by atoms with Crippen molar-refractivity contribution in [1.82, 2.24) is 14.5 Å². The maximum atomic E-state index is 12.9. The number of halogens is 2. The predicted octanol–water partition coefficient (Wildman–Crippen LogP) is 2.99. The number of sulfonamides is 1. The van der Waals surface area contributed by atoms with Gasteiger partial charge in [-0.1, -0.05) is 49.0 Å². The molecule has 28 heavy (non-hydrogen) atoms. The third-order valence-corrected chi connectivity index (χ3v) is 8.56. The molecule has 9 heteroatoms. The van der Waals surface area contributed by atoms with Crippen molar-refractivity contribution in [2.45, 2.75) is 43.5 Å². The van der Waals surface area contributed by atoms with E-state index in [1.165, 1.54) is 16.8 Å². The summed E-state index contributed by atoms with van der Waals surface area (Å²) in [4.78, 5) is 14.4. The van der Waals surface area contributed by atoms with Crippen molar-refractivity contribution in [3.63, 3.8) is 0 Å². The Hall–Kier alpha value is -0.860. The lowest BCUT2D eigenvalue weighted by Gasteiger charge is -2.35. The molecule has 2 unspecified atom stereocenters. The molecule has 1 saturated heterocycles. The van der Waals surface area contributed by atoms with Crippen LogP contribution in [0.2, 0.25) is 10.0 Å². The van der Waals surface area contributed by atoms with E-state index < -0.39 is 10.0 Å². The fourth-order valence-corrected chi connectivity index (χ4v) is 6.09. The molecular weight excluding hydrogens is 421 g/mol. The van der Waals surface area contributed by atoms with E-state index in [0.29, 0.717) is 38.6 Å². The average molecular weight is 448 g/mol. The zero-order chi connectivity index (χ0) is 20.3. The molecule has 1 aliphatic carbocycles. The molecule has 0 spiro atoms. The van der Waals surface area contributed by atoms with Gasteiger partial charge in [0.2, 0.25) is 15.9 Å². The van der Waals surface area contributed by atoms with E-state index in [4.69, 9.17) is 23.2 Å². The number of carbonyl (C=O) groups excluding carboxylic acids is 1. The van der Waals surface area contributed by atoms with Gasteiger partial charge in [0.15, 0.2) is 0 Å². The van der Waals surface area contributed by atoms with Gasteiger partial charge in [0.05, 0.1) is 16.6 Å². The topological polar surface area (TPSA) is 69.7 Å². The quantitative estimate of drug-likeness (QED) is 0.752. The zero-order valence-corrected chi connectivity index (χ0v) is 18.4. The molecule has 1 saturated carbocycles. The van der Waals surface area contributed by atoms with Gasteiger partial charge in [0.25, 0.3) is 0 Å². The van der Waals surface area contributed by atoms with Crippen LogP contribution in [0.5, 0.6) is 0 Å². The number of piperazine rings is 1. The number of nitrogens with zero attached hydrogens (tertiary/aromatic N) is 2. The minimum atomic E-state index is -3.71. The van der Waals surface area contributed by atoms with Crippen LogP contribution in [-0.2, 0) is 14.8 Å². The molecule has 0 radical (unpaired) electrons. The van der Waals surface area contributed by atoms with Crippen molar-refractivity contribution in [3.8, 4) is 0 Å². The molecule has 0 aromatic heterocycles. The van der Waals surface area contributed by atoms with Crippen LogP contribution in [0.3, 0.4) is 0 Å². The Morgan fingerprint density at radius 3 is 2.50 bits per heavy atom. The van der Waals surface area contributed by atoms with Crippen LogP contribution in [0.1, 0.15) is 32.6 Å². The predicted molar refractivity (Wildman–Crippen MR) is 111 cm³/mol. The standard InChI is InChI=1S/C19H27Cl2N3O3S/c1-14-5-2-3-7-16(14)22-18(25)13-23-9-11-24(12-10-23)28(26,27)17-8-4-6-15(20)19(17)21/h4,6,8,14,16H,2-3,5,7,9-13H2,1H3,(H,22,25). The van der Waals surface area contributed by atoms with Crippen molar-refractivity contribution in [2.75, 3.05) is 32.7 Å². The highest BCUT2D eigenvalue weighted by Gasteiger charge is 2.31. The van der Waals surface area contributed by atoms with Crippen molar-refractivity contribution in [1.29, 1.82) is 0 Å². The molecule has 2 aliphatic rings. The van der Waals surface area contributed by atoms with Crippen molar-refractivity contribution in [2.24, 2.45) is 5.92 Å². The molecule has 1 heterocycles. The molecular formula is C19H27Cl2N3O3S. The molecule has 1 aromatic carbocycles. The van der Waals surface area contributed by atoms with E-state index >= 15 is 0 Å². The van der Waals surface area contributed by atoms with E-state index in [0.717, 1.165) is 19.3 Å². The van der Waals surface area contributed by atoms with Gasteiger partial charge in [-0.05, 0) is 30.9 Å². The van der Waals surface area contributed by atoms with Gasteiger partial charge in [-0.25, -0.2) is 8.42 Å². The fraction of sp³-hybridized carbons (Fsp3) is 0.632. The number of hydrogen-bond donors (Lipinski definition) is 1. The highest BCUT2D eigenvalue weighted by atomic mass is 35.5. The normalized spacial score (nSPS) is 24.8. The summed E-state index contributed by atoms with van der Waals surface area (Å²) in [6.07, 6.45) is 4.60. The summed E-state index contributed by atoms with van der Waals surface area (Å²) in [5, 5.41) is 3.42. The number of carbonyl (C=O) groups is 1. The van der Waals surface area contributed by atoms with Gasteiger partial charge < -0.3 is 5.32 Å². The van der Waals surface area contributed by atoms with Crippen molar-refractivity contribution < 1.29 is 13.2 Å². The number of hydrogen-bond acceptors (Lipinski definition) is 4. The summed E-state index contributed by atoms with van der Waals surface area (Å²) in [5.74, 6) is 0.537. The monoisotopic (exact) mass is 447 g/mol. The highest BCUT2D eigenvalue weighted by Crippen LogP contribution is 2.31. The van der Waals surface area contributed by atoms with Gasteiger partial charge in [-0.3, -0.25) is 9.69 Å². The first-order valence-corrected chi connectivity index (χ1v) is 11.9. The van der Waals surface area contributed by atoms with E-state index in [9.17, 15) is 13.2 Å². The lowest BCUT2D eigenvalue weighted by Crippen LogP contribution is -2.52. The van der Waals surface area contributed by atoms with Crippen molar-refractivity contribution >= 4 is 39.1 Å². The minimum Gasteiger partial charge on any atom is -0.352 e. The fourth-order valence-electron chi connectivity index (χ4n) is 3.94. The smallest absolute Gasteiger partial charge is 0.244 e. The lowest BCUT2D eigenvalue weighted by molar-refractivity contribution is -0.123. The molecule has 2 fully saturated rings. The first kappa shape index (κ1) is 21.8. The third kappa shape index (κ3) is 5.00. The third-order valence-electron chi connectivity index (χ3n) is 5.69. The van der Waals surface area contributed by atoms with Crippen molar-refractivity contribution in [3.05, 3.63) is 28.2 Å². The Bertz CT molecular complexity index is 811. The molecule has 1 aromatic rings. The molecule has 1 N–H and O–H groups in total. The van der Waals surface area contributed by atoms with Crippen LogP contribution in [-0.4, -0.2) is 62.3 Å². The number of rotatable bonds is 5. The number of nitrogens with one attached hydrogen (secondary N) is 1. The van der Waals surface area contributed by atoms with E-state index in [-0.39, 0.29) is 26.9 Å². The minimum absolute atomic E-state index is 0.0212. The molecule has 1 amide bonds.